The van der Waals surface area contributed by atoms with E-state index in [1.807, 2.05) is 6.92 Å². The Labute approximate surface area is 409 Å². The SMILES string of the molecule is C=CCOC(=O)Nc1cc(OCCC(CCOc2cc(NC(=O)OCC=C)c(C(=O)N3CC(=C)C[C@H]3CO)cc2OC)NC(=O)COCCOCCOCCC)c(C)cc1C(=O)N1CC(=C)C[C@H]1CO. The van der Waals surface area contributed by atoms with Gasteiger partial charge in [0.15, 0.2) is 11.5 Å². The first-order valence-electron chi connectivity index (χ1n) is 23.2. The Morgan fingerprint density at radius 2 is 1.19 bits per heavy atom. The van der Waals surface area contributed by atoms with Crippen molar-refractivity contribution >= 4 is 41.3 Å². The highest BCUT2D eigenvalue weighted by molar-refractivity contribution is 6.05. The van der Waals surface area contributed by atoms with E-state index in [4.69, 9.17) is 37.9 Å². The average molecular weight is 980 g/mol. The summed E-state index contributed by atoms with van der Waals surface area (Å²) in [5.41, 5.74) is 2.50. The first-order chi connectivity index (χ1) is 33.8. The van der Waals surface area contributed by atoms with Gasteiger partial charge in [0.2, 0.25) is 5.91 Å². The molecule has 0 saturated carbocycles. The number of anilines is 2. The van der Waals surface area contributed by atoms with Crippen LogP contribution in [-0.4, -0.2) is 168 Å². The van der Waals surface area contributed by atoms with E-state index in [1.54, 1.807) is 13.0 Å². The molecule has 384 valence electrons. The number of rotatable bonds is 30. The molecule has 2 aromatic rings. The van der Waals surface area contributed by atoms with E-state index >= 15 is 0 Å². The monoisotopic (exact) mass is 979 g/mol. The minimum atomic E-state index is -0.854. The zero-order valence-electron chi connectivity index (χ0n) is 40.6. The van der Waals surface area contributed by atoms with Crippen molar-refractivity contribution in [2.24, 2.45) is 0 Å². The van der Waals surface area contributed by atoms with Crippen molar-refractivity contribution in [2.75, 3.05) is 110 Å². The highest BCUT2D eigenvalue weighted by atomic mass is 16.6. The third kappa shape index (κ3) is 17.2. The number of carbonyl (C=O) groups excluding carboxylic acids is 5. The zero-order chi connectivity index (χ0) is 51.0. The van der Waals surface area contributed by atoms with Crippen molar-refractivity contribution in [2.45, 2.75) is 64.1 Å². The minimum absolute atomic E-state index is 0.00321. The van der Waals surface area contributed by atoms with Crippen LogP contribution in [0.25, 0.3) is 0 Å². The Balaban J connectivity index is 1.54. The fourth-order valence-electron chi connectivity index (χ4n) is 7.59. The van der Waals surface area contributed by atoms with Crippen LogP contribution in [0.2, 0.25) is 0 Å². The van der Waals surface area contributed by atoms with Gasteiger partial charge in [-0.15, -0.1) is 0 Å². The smallest absolute Gasteiger partial charge is 0.411 e. The maximum atomic E-state index is 13.9. The van der Waals surface area contributed by atoms with E-state index in [0.717, 1.165) is 17.6 Å². The van der Waals surface area contributed by atoms with Gasteiger partial charge in [-0.1, -0.05) is 56.5 Å². The van der Waals surface area contributed by atoms with Gasteiger partial charge in [0, 0.05) is 50.7 Å². The number of likely N-dealkylation sites (tertiary alicyclic amines) is 2. The van der Waals surface area contributed by atoms with Crippen molar-refractivity contribution in [3.05, 3.63) is 90.6 Å². The molecule has 2 aromatic carbocycles. The largest absolute Gasteiger partial charge is 0.493 e. The van der Waals surface area contributed by atoms with Crippen molar-refractivity contribution < 1.29 is 72.1 Å². The van der Waals surface area contributed by atoms with E-state index in [2.05, 4.69) is 42.3 Å². The molecule has 5 amide bonds. The second-order valence-electron chi connectivity index (χ2n) is 16.5. The lowest BCUT2D eigenvalue weighted by molar-refractivity contribution is -0.127. The van der Waals surface area contributed by atoms with Gasteiger partial charge >= 0.3 is 12.2 Å². The molecule has 4 rings (SSSR count). The summed E-state index contributed by atoms with van der Waals surface area (Å²) in [5, 5.41) is 28.2. The van der Waals surface area contributed by atoms with Gasteiger partial charge < -0.3 is 63.2 Å². The van der Waals surface area contributed by atoms with Crippen LogP contribution in [0.3, 0.4) is 0 Å². The molecule has 2 saturated heterocycles. The number of carbonyl (C=O) groups is 5. The number of aryl methyl sites for hydroxylation is 1. The predicted octanol–water partition coefficient (Wildman–Crippen LogP) is 5.18. The summed E-state index contributed by atoms with van der Waals surface area (Å²) in [4.78, 5) is 69.6. The number of benzene rings is 2. The van der Waals surface area contributed by atoms with Gasteiger partial charge in [0.25, 0.3) is 11.8 Å². The summed E-state index contributed by atoms with van der Waals surface area (Å²) in [5.74, 6) is -0.668. The number of hydrogen-bond donors (Lipinski definition) is 5. The van der Waals surface area contributed by atoms with E-state index < -0.39 is 48.0 Å². The molecule has 20 heteroatoms. The molecular weight excluding hydrogens is 911 g/mol. The summed E-state index contributed by atoms with van der Waals surface area (Å²) >= 11 is 0. The molecule has 0 aliphatic carbocycles. The molecule has 2 aliphatic rings. The molecule has 2 fully saturated rings. The Morgan fingerprint density at radius 1 is 0.700 bits per heavy atom. The molecule has 2 aliphatic heterocycles. The van der Waals surface area contributed by atoms with Crippen LogP contribution in [0.5, 0.6) is 17.2 Å². The lowest BCUT2D eigenvalue weighted by Crippen LogP contribution is -2.39. The fourth-order valence-corrected chi connectivity index (χ4v) is 7.59. The highest BCUT2D eigenvalue weighted by Crippen LogP contribution is 2.37. The van der Waals surface area contributed by atoms with Crippen LogP contribution in [0.1, 0.15) is 65.3 Å². The van der Waals surface area contributed by atoms with Crippen molar-refractivity contribution in [1.82, 2.24) is 15.1 Å². The molecule has 0 bridgehead atoms. The second-order valence-corrected chi connectivity index (χ2v) is 16.5. The van der Waals surface area contributed by atoms with Gasteiger partial charge in [-0.05, 0) is 43.9 Å². The molecule has 5 N–H and O–H groups in total. The molecule has 0 radical (unpaired) electrons. The Kier molecular flexibility index (Phi) is 23.7. The number of nitrogens with one attached hydrogen (secondary N) is 3. The summed E-state index contributed by atoms with van der Waals surface area (Å²) in [6.45, 7) is 20.3. The quantitative estimate of drug-likeness (QED) is 0.0501. The molecule has 20 nitrogen and oxygen atoms in total. The fraction of sp³-hybridized carbons (Fsp3) is 0.500. The molecule has 0 aromatic heterocycles. The van der Waals surface area contributed by atoms with Gasteiger partial charge in [0.1, 0.15) is 25.6 Å². The first-order valence-corrected chi connectivity index (χ1v) is 23.2. The molecule has 70 heavy (non-hydrogen) atoms. The Hall–Kier alpha value is -6.45. The third-order valence-corrected chi connectivity index (χ3v) is 11.0. The number of nitrogens with zero attached hydrogens (tertiary/aromatic N) is 2. The summed E-state index contributed by atoms with van der Waals surface area (Å²) < 4.78 is 44.9. The summed E-state index contributed by atoms with van der Waals surface area (Å²) in [6, 6.07) is 4.42. The average Bonchev–Trinajstić information content (AvgIpc) is 3.93. The van der Waals surface area contributed by atoms with E-state index in [-0.39, 0.29) is 119 Å². The van der Waals surface area contributed by atoms with Gasteiger partial charge in [-0.2, -0.15) is 0 Å². The van der Waals surface area contributed by atoms with E-state index in [0.29, 0.717) is 44.0 Å². The van der Waals surface area contributed by atoms with Crippen LogP contribution in [0.4, 0.5) is 21.0 Å². The minimum Gasteiger partial charge on any atom is -0.493 e. The van der Waals surface area contributed by atoms with Crippen LogP contribution in [0.15, 0.2) is 73.9 Å². The number of amides is 5. The Morgan fingerprint density at radius 3 is 1.69 bits per heavy atom. The third-order valence-electron chi connectivity index (χ3n) is 11.0. The van der Waals surface area contributed by atoms with Crippen molar-refractivity contribution in [1.29, 1.82) is 0 Å². The maximum Gasteiger partial charge on any atom is 0.411 e. The second kappa shape index (κ2) is 29.5. The summed E-state index contributed by atoms with van der Waals surface area (Å²) in [7, 11) is 1.40. The maximum absolute atomic E-state index is 13.9. The van der Waals surface area contributed by atoms with Crippen LogP contribution in [-0.2, 0) is 28.5 Å². The van der Waals surface area contributed by atoms with Gasteiger partial charge in [-0.25, -0.2) is 9.59 Å². The number of methoxy groups -OCH3 is 1. The van der Waals surface area contributed by atoms with Crippen LogP contribution in [0, 0.1) is 6.92 Å². The molecule has 1 unspecified atom stereocenters. The van der Waals surface area contributed by atoms with Gasteiger partial charge in [-0.3, -0.25) is 25.0 Å². The van der Waals surface area contributed by atoms with E-state index in [9.17, 15) is 34.2 Å². The molecular formula is C50H69N5O15. The van der Waals surface area contributed by atoms with Crippen LogP contribution >= 0.6 is 0 Å². The molecule has 0 spiro atoms. The first kappa shape index (κ1) is 56.1. The number of ether oxygens (including phenoxy) is 8. The Bertz CT molecular complexity index is 2150. The van der Waals surface area contributed by atoms with Crippen LogP contribution < -0.4 is 30.2 Å². The summed E-state index contributed by atoms with van der Waals surface area (Å²) in [6.07, 6.45) is 3.35. The lowest BCUT2D eigenvalue weighted by Gasteiger charge is -2.25. The lowest BCUT2D eigenvalue weighted by atomic mass is 10.1. The molecule has 2 heterocycles. The topological polar surface area (TPSA) is 242 Å². The number of aliphatic hydroxyl groups is 2. The normalized spacial score (nSPS) is 15.8. The number of hydrogen-bond acceptors (Lipinski definition) is 15. The van der Waals surface area contributed by atoms with Gasteiger partial charge in [0.05, 0.1) is 94.6 Å². The predicted molar refractivity (Wildman–Crippen MR) is 261 cm³/mol. The molecule has 3 atom stereocenters. The zero-order valence-corrected chi connectivity index (χ0v) is 40.6. The van der Waals surface area contributed by atoms with E-state index in [1.165, 1.54) is 47.3 Å². The number of aliphatic hydroxyl groups excluding tert-OH is 2. The van der Waals surface area contributed by atoms with Crippen molar-refractivity contribution in [3.8, 4) is 17.2 Å². The van der Waals surface area contributed by atoms with Crippen molar-refractivity contribution in [3.63, 3.8) is 0 Å². The highest BCUT2D eigenvalue weighted by Gasteiger charge is 2.34. The standard InChI is InChI=1S/C50H69N5O15/c1-8-13-64-18-19-65-20-21-66-32-46(58)51-36(11-16-67-43-26-41(52-49(61)69-14-9-2)39(24-35(43)6)47(59)54-28-33(4)22-37(54)30-56)12-17-68-45-27-42(53-50(62)70-15-10-3)40(25-44(45)63-7)48(60)55-29-34(5)23-38(55)31-57/h9-10,24-27,36-38,56-57H,2-5,8,11-23,28-32H2,1,6-7H3,(H,51,58)(H,52,61)(H,53,62)/t36?,37-,38-/m0/s1.